The highest BCUT2D eigenvalue weighted by Crippen LogP contribution is 2.36. The Balaban J connectivity index is 2.04. The van der Waals surface area contributed by atoms with Gasteiger partial charge in [0.25, 0.3) is 0 Å². The quantitative estimate of drug-likeness (QED) is 0.726. The van der Waals surface area contributed by atoms with Gasteiger partial charge in [-0.25, -0.2) is 4.79 Å². The minimum absolute atomic E-state index is 0.152. The maximum Gasteiger partial charge on any atom is 0.407 e. The highest BCUT2D eigenvalue weighted by atomic mass is 16.4. The number of piperidine rings is 1. The number of carboxylic acid groups (broad SMARTS) is 1. The molecule has 1 aliphatic carbocycles. The highest BCUT2D eigenvalue weighted by molar-refractivity contribution is 5.66. The Labute approximate surface area is 90.8 Å². The molecule has 3 nitrogen and oxygen atoms in total. The van der Waals surface area contributed by atoms with Crippen LogP contribution >= 0.6 is 0 Å². The van der Waals surface area contributed by atoms with E-state index in [-0.39, 0.29) is 6.04 Å². The topological polar surface area (TPSA) is 40.5 Å². The summed E-state index contributed by atoms with van der Waals surface area (Å²) >= 11 is 0. The average molecular weight is 209 g/mol. The molecule has 3 unspecified atom stereocenters. The third kappa shape index (κ3) is 2.01. The predicted octanol–water partition coefficient (Wildman–Crippen LogP) is 2.73. The maximum atomic E-state index is 11.1. The molecule has 0 aromatic rings. The van der Waals surface area contributed by atoms with E-state index in [9.17, 15) is 4.79 Å². The zero-order chi connectivity index (χ0) is 10.8. The highest BCUT2D eigenvalue weighted by Gasteiger charge is 2.39. The fourth-order valence-electron chi connectivity index (χ4n) is 2.86. The Kier molecular flexibility index (Phi) is 2.98. The molecule has 0 spiro atoms. The number of unbranched alkanes of at least 4 members (excludes halogenated alkanes) is 1. The summed E-state index contributed by atoms with van der Waals surface area (Å²) < 4.78 is 0. The molecule has 2 aliphatic heterocycles. The van der Waals surface area contributed by atoms with E-state index >= 15 is 0 Å². The molecular formula is C12H19NO2. The first-order valence-corrected chi connectivity index (χ1v) is 5.90. The molecule has 84 valence electrons. The summed E-state index contributed by atoms with van der Waals surface area (Å²) in [4.78, 5) is 12.7. The molecular weight excluding hydrogens is 190 g/mol. The summed E-state index contributed by atoms with van der Waals surface area (Å²) in [5, 5.41) is 9.10. The number of fused-ring (bicyclic) bond motifs is 2. The summed E-state index contributed by atoms with van der Waals surface area (Å²) in [5.74, 6) is 1.03. The summed E-state index contributed by atoms with van der Waals surface area (Å²) in [7, 11) is 0. The second-order valence-electron chi connectivity index (χ2n) is 4.71. The minimum atomic E-state index is -0.754. The standard InChI is InChI=1S/C12H19NO2/c1-2-3-4-10-7-9-5-6-11(10)13(8-9)12(14)15/h5-6,9-11H,2-4,7-8H2,1H3,(H,14,15). The summed E-state index contributed by atoms with van der Waals surface area (Å²) in [6.07, 6.45) is 8.32. The van der Waals surface area contributed by atoms with Crippen LogP contribution in [-0.4, -0.2) is 28.7 Å². The van der Waals surface area contributed by atoms with Gasteiger partial charge in [-0.15, -0.1) is 0 Å². The van der Waals surface area contributed by atoms with Gasteiger partial charge in [0.15, 0.2) is 0 Å². The lowest BCUT2D eigenvalue weighted by atomic mass is 9.75. The van der Waals surface area contributed by atoms with Crippen LogP contribution in [0.25, 0.3) is 0 Å². The van der Waals surface area contributed by atoms with E-state index in [1.807, 2.05) is 0 Å². The van der Waals surface area contributed by atoms with E-state index in [2.05, 4.69) is 19.1 Å². The van der Waals surface area contributed by atoms with Crippen LogP contribution < -0.4 is 0 Å². The maximum absolute atomic E-state index is 11.1. The Morgan fingerprint density at radius 1 is 1.53 bits per heavy atom. The lowest BCUT2D eigenvalue weighted by Gasteiger charge is -2.45. The SMILES string of the molecule is CCCCC1CC2C=CC1N(C(=O)O)C2. The third-order valence-corrected chi connectivity index (χ3v) is 3.63. The van der Waals surface area contributed by atoms with Gasteiger partial charge in [-0.1, -0.05) is 31.9 Å². The van der Waals surface area contributed by atoms with Crippen LogP contribution in [0.15, 0.2) is 12.2 Å². The Morgan fingerprint density at radius 2 is 2.33 bits per heavy atom. The van der Waals surface area contributed by atoms with E-state index in [1.54, 1.807) is 4.90 Å². The monoisotopic (exact) mass is 209 g/mol. The second kappa shape index (κ2) is 4.25. The molecule has 0 aromatic heterocycles. The first-order chi connectivity index (χ1) is 7.22. The van der Waals surface area contributed by atoms with Gasteiger partial charge >= 0.3 is 6.09 Å². The number of hydrogen-bond donors (Lipinski definition) is 1. The number of rotatable bonds is 3. The molecule has 0 saturated carbocycles. The van der Waals surface area contributed by atoms with E-state index in [0.717, 1.165) is 0 Å². The molecule has 3 atom stereocenters. The minimum Gasteiger partial charge on any atom is -0.465 e. The van der Waals surface area contributed by atoms with Gasteiger partial charge in [-0.3, -0.25) is 0 Å². The summed E-state index contributed by atoms with van der Waals surface area (Å²) in [5.41, 5.74) is 0. The van der Waals surface area contributed by atoms with Gasteiger partial charge in [0, 0.05) is 6.54 Å². The van der Waals surface area contributed by atoms with Crippen LogP contribution in [0, 0.1) is 11.8 Å². The largest absolute Gasteiger partial charge is 0.465 e. The molecule has 3 heteroatoms. The Hall–Kier alpha value is -0.990. The summed E-state index contributed by atoms with van der Waals surface area (Å²) in [6.45, 7) is 2.89. The molecule has 1 saturated heterocycles. The number of amides is 1. The predicted molar refractivity (Wildman–Crippen MR) is 58.8 cm³/mol. The van der Waals surface area contributed by atoms with Crippen molar-refractivity contribution in [3.63, 3.8) is 0 Å². The molecule has 3 rings (SSSR count). The lowest BCUT2D eigenvalue weighted by molar-refractivity contribution is 0.0693. The Morgan fingerprint density at radius 3 is 2.93 bits per heavy atom. The molecule has 1 N–H and O–H groups in total. The van der Waals surface area contributed by atoms with Gasteiger partial charge in [0.05, 0.1) is 6.04 Å². The normalized spacial score (nSPS) is 33.4. The molecule has 2 heterocycles. The van der Waals surface area contributed by atoms with Crippen molar-refractivity contribution in [2.24, 2.45) is 11.8 Å². The van der Waals surface area contributed by atoms with Crippen LogP contribution in [0.3, 0.4) is 0 Å². The average Bonchev–Trinajstić information content (AvgIpc) is 2.27. The molecule has 1 fully saturated rings. The number of hydrogen-bond acceptors (Lipinski definition) is 1. The molecule has 2 bridgehead atoms. The zero-order valence-electron chi connectivity index (χ0n) is 9.22. The van der Waals surface area contributed by atoms with Crippen LogP contribution in [0.4, 0.5) is 4.79 Å². The van der Waals surface area contributed by atoms with Gasteiger partial charge in [-0.2, -0.15) is 0 Å². The van der Waals surface area contributed by atoms with E-state index in [1.165, 1.54) is 25.7 Å². The van der Waals surface area contributed by atoms with Crippen LogP contribution in [0.1, 0.15) is 32.6 Å². The summed E-state index contributed by atoms with van der Waals surface area (Å²) in [6, 6.07) is 0.152. The van der Waals surface area contributed by atoms with Gasteiger partial charge in [0.1, 0.15) is 0 Å². The van der Waals surface area contributed by atoms with Crippen molar-refractivity contribution < 1.29 is 9.90 Å². The number of carbonyl (C=O) groups is 1. The van der Waals surface area contributed by atoms with Crippen LogP contribution in [0.2, 0.25) is 0 Å². The first-order valence-electron chi connectivity index (χ1n) is 5.90. The lowest BCUT2D eigenvalue weighted by Crippen LogP contribution is -2.52. The Bertz CT molecular complexity index is 275. The molecule has 3 aliphatic rings. The second-order valence-corrected chi connectivity index (χ2v) is 4.71. The molecule has 15 heavy (non-hydrogen) atoms. The van der Waals surface area contributed by atoms with Gasteiger partial charge < -0.3 is 10.0 Å². The third-order valence-electron chi connectivity index (χ3n) is 3.63. The first kappa shape index (κ1) is 10.5. The van der Waals surface area contributed by atoms with Gasteiger partial charge in [0.2, 0.25) is 0 Å². The molecule has 0 aromatic carbocycles. The molecule has 0 radical (unpaired) electrons. The fraction of sp³-hybridized carbons (Fsp3) is 0.750. The van der Waals surface area contributed by atoms with E-state index < -0.39 is 6.09 Å². The van der Waals surface area contributed by atoms with Crippen molar-refractivity contribution in [3.8, 4) is 0 Å². The van der Waals surface area contributed by atoms with Crippen molar-refractivity contribution >= 4 is 6.09 Å². The van der Waals surface area contributed by atoms with Crippen molar-refractivity contribution in [1.29, 1.82) is 0 Å². The fourth-order valence-corrected chi connectivity index (χ4v) is 2.86. The number of nitrogens with zero attached hydrogens (tertiary/aromatic N) is 1. The van der Waals surface area contributed by atoms with E-state index in [0.29, 0.717) is 18.4 Å². The van der Waals surface area contributed by atoms with Crippen molar-refractivity contribution in [2.75, 3.05) is 6.54 Å². The van der Waals surface area contributed by atoms with Crippen LogP contribution in [0.5, 0.6) is 0 Å². The van der Waals surface area contributed by atoms with Gasteiger partial charge in [-0.05, 0) is 24.7 Å². The van der Waals surface area contributed by atoms with E-state index in [4.69, 9.17) is 5.11 Å². The van der Waals surface area contributed by atoms with Crippen LogP contribution in [-0.2, 0) is 0 Å². The van der Waals surface area contributed by atoms with Crippen molar-refractivity contribution in [2.45, 2.75) is 38.6 Å². The van der Waals surface area contributed by atoms with Crippen molar-refractivity contribution in [1.82, 2.24) is 4.90 Å². The smallest absolute Gasteiger partial charge is 0.407 e. The zero-order valence-corrected chi connectivity index (χ0v) is 9.22. The van der Waals surface area contributed by atoms with Crippen molar-refractivity contribution in [3.05, 3.63) is 12.2 Å². The molecule has 1 amide bonds.